The van der Waals surface area contributed by atoms with Crippen molar-refractivity contribution in [1.29, 1.82) is 0 Å². The van der Waals surface area contributed by atoms with Crippen molar-refractivity contribution >= 4 is 84.7 Å². The summed E-state index contributed by atoms with van der Waals surface area (Å²) in [6, 6.07) is 1.23. The molecule has 0 aliphatic heterocycles. The zero-order valence-electron chi connectivity index (χ0n) is 50.1. The molecule has 0 fully saturated rings. The summed E-state index contributed by atoms with van der Waals surface area (Å²) in [7, 11) is -4.95. The van der Waals surface area contributed by atoms with E-state index in [1.165, 1.54) is 74.5 Å². The second-order valence-electron chi connectivity index (χ2n) is 21.1. The van der Waals surface area contributed by atoms with Crippen LogP contribution < -0.4 is 74.9 Å². The SMILES string of the molecule is C[C@H](N)C(=O)N[C@H](C(=O)N[C@@H](Cc1ccc(O)cc1)C(=O)N[C@@H](CCCCN)C(=O)N[C@@H](CCC(=O)O)C(=O)NCC(=O)N[C@@H](Cc1ccc(O)cc1)C(=O)N[C@@H](CC(N)=O)C(=O)N[C@@H](C)C(=O)N[C@@H](Cc1ccc(OP(=O)(O)O)cc1)C(=O)NCC(=O)O)[C@@H](C)O. The Labute approximate surface area is 525 Å². The number of hydrogen-bond acceptors (Lipinski definition) is 20. The number of unbranched alkanes of at least 4 members (excludes halogenated alkanes) is 1. The van der Waals surface area contributed by atoms with Gasteiger partial charge in [-0.2, -0.15) is 0 Å². The second kappa shape index (κ2) is 37.4. The largest absolute Gasteiger partial charge is 0.524 e. The minimum atomic E-state index is -4.95. The van der Waals surface area contributed by atoms with Crippen LogP contribution in [0.1, 0.15) is 76.0 Å². The van der Waals surface area contributed by atoms with E-state index in [0.29, 0.717) is 12.0 Å². The molecule has 0 aliphatic rings. The van der Waals surface area contributed by atoms with Gasteiger partial charge in [0.05, 0.1) is 25.1 Å². The van der Waals surface area contributed by atoms with E-state index in [2.05, 4.69) is 57.7 Å². The summed E-state index contributed by atoms with van der Waals surface area (Å²) in [6.07, 6.45) is -4.43. The highest BCUT2D eigenvalue weighted by molar-refractivity contribution is 7.46. The molecule has 3 aromatic rings. The maximum Gasteiger partial charge on any atom is 0.524 e. The maximum absolute atomic E-state index is 14.2. The monoisotopic (exact) mass is 1320 g/mol. The number of carboxylic acids is 2. The van der Waals surface area contributed by atoms with E-state index in [4.69, 9.17) is 32.1 Å². The van der Waals surface area contributed by atoms with Crippen LogP contribution in [0.15, 0.2) is 72.8 Å². The summed E-state index contributed by atoms with van der Waals surface area (Å²) in [5, 5.41) is 72.2. The highest BCUT2D eigenvalue weighted by atomic mass is 31.2. The fraction of sp³-hybridized carbons (Fsp3) is 0.446. The summed E-state index contributed by atoms with van der Waals surface area (Å²) in [6.45, 7) is 1.92. The molecule has 0 aromatic heterocycles. The van der Waals surface area contributed by atoms with Gasteiger partial charge in [-0.25, -0.2) is 4.57 Å². The Morgan fingerprint density at radius 2 is 0.924 bits per heavy atom. The van der Waals surface area contributed by atoms with Gasteiger partial charge in [0, 0.05) is 25.7 Å². The molecule has 0 unspecified atom stereocenters. The summed E-state index contributed by atoms with van der Waals surface area (Å²) in [5.41, 5.74) is 17.7. The molecule has 504 valence electrons. The smallest absolute Gasteiger partial charge is 0.508 e. The topological polar surface area (TPSA) is 588 Å². The van der Waals surface area contributed by atoms with Crippen LogP contribution in [-0.2, 0) is 86.2 Å². The van der Waals surface area contributed by atoms with Gasteiger partial charge < -0.3 is 100 Å². The molecule has 92 heavy (non-hydrogen) atoms. The standard InChI is InChI=1S/C56H78N13O22P/c1-28(58)48(79)69-47(30(3)70)56(87)68-41(24-32-9-15-35(72)16-10-32)55(86)64-37(6-4-5-21-57)52(83)65-38(19-20-45(75)76)50(81)60-26-44(74)63-40(23-31-7-13-34(71)14-8-31)54(85)67-42(25-43(59)73)53(84)62-29(2)49(80)66-39(51(82)61-27-46(77)78)22-33-11-17-36(18-12-33)91-92(88,89)90/h7-18,28-30,37-42,47,70-72H,4-6,19-27,57-58H2,1-3H3,(H2,59,73)(H,60,81)(H,61,82)(H,62,84)(H,63,74)(H,64,86)(H,65,83)(H,66,80)(H,67,85)(H,68,87)(H,69,79)(H,75,76)(H,77,78)(H2,88,89,90)/t28-,29-,30+,37-,38-,39-,40-,41-,42-,47-/m0/s1. The molecule has 0 heterocycles. The summed E-state index contributed by atoms with van der Waals surface area (Å²) < 4.78 is 15.8. The number of amides is 11. The van der Waals surface area contributed by atoms with Crippen LogP contribution in [0.4, 0.5) is 0 Å². The molecular formula is C56H78N13O22P. The van der Waals surface area contributed by atoms with Crippen molar-refractivity contribution in [1.82, 2.24) is 53.2 Å². The average Bonchev–Trinajstić information content (AvgIpc) is 1.39. The second-order valence-corrected chi connectivity index (χ2v) is 22.2. The number of carbonyl (C=O) groups is 13. The Kier molecular flexibility index (Phi) is 31.1. The van der Waals surface area contributed by atoms with Crippen molar-refractivity contribution in [2.45, 2.75) is 139 Å². The number of aliphatic carboxylic acids is 2. The molecule has 3 rings (SSSR count). The van der Waals surface area contributed by atoms with Crippen LogP contribution in [0.25, 0.3) is 0 Å². The Hall–Kier alpha value is -9.80. The first kappa shape index (κ1) is 76.4. The molecule has 23 N–H and O–H groups in total. The van der Waals surface area contributed by atoms with E-state index < -0.39 is 184 Å². The lowest BCUT2D eigenvalue weighted by atomic mass is 10.0. The molecule has 10 atom stereocenters. The summed E-state index contributed by atoms with van der Waals surface area (Å²) >= 11 is 0. The van der Waals surface area contributed by atoms with Crippen LogP contribution in [-0.4, -0.2) is 192 Å². The van der Waals surface area contributed by atoms with Crippen LogP contribution in [0.3, 0.4) is 0 Å². The molecule has 36 heteroatoms. The van der Waals surface area contributed by atoms with Gasteiger partial charge in [0.1, 0.15) is 72.1 Å². The number of primary amides is 1. The molecular weight excluding hydrogens is 1240 g/mol. The fourth-order valence-corrected chi connectivity index (χ4v) is 8.79. The van der Waals surface area contributed by atoms with E-state index in [1.54, 1.807) is 0 Å². The maximum atomic E-state index is 14.2. The van der Waals surface area contributed by atoms with Crippen molar-refractivity contribution in [2.75, 3.05) is 19.6 Å². The third-order valence-electron chi connectivity index (χ3n) is 13.2. The van der Waals surface area contributed by atoms with Crippen molar-refractivity contribution < 1.29 is 107 Å². The minimum absolute atomic E-state index is 0.137. The number of aliphatic hydroxyl groups excluding tert-OH is 1. The highest BCUT2D eigenvalue weighted by Gasteiger charge is 2.35. The predicted octanol–water partition coefficient (Wildman–Crippen LogP) is -5.59. The van der Waals surface area contributed by atoms with Gasteiger partial charge in [0.15, 0.2) is 0 Å². The summed E-state index contributed by atoms with van der Waals surface area (Å²) in [4.78, 5) is 190. The van der Waals surface area contributed by atoms with Gasteiger partial charge in [0.25, 0.3) is 0 Å². The Balaban J connectivity index is 1.86. The number of aliphatic hydroxyl groups is 1. The minimum Gasteiger partial charge on any atom is -0.508 e. The number of phosphoric ester groups is 1. The van der Waals surface area contributed by atoms with Crippen LogP contribution >= 0.6 is 7.82 Å². The van der Waals surface area contributed by atoms with E-state index in [-0.39, 0.29) is 60.6 Å². The molecule has 0 saturated heterocycles. The first-order valence-corrected chi connectivity index (χ1v) is 29.9. The van der Waals surface area contributed by atoms with E-state index >= 15 is 0 Å². The quantitative estimate of drug-likeness (QED) is 0.0187. The van der Waals surface area contributed by atoms with Crippen LogP contribution in [0, 0.1) is 0 Å². The third-order valence-corrected chi connectivity index (χ3v) is 13.7. The number of phosphoric acid groups is 1. The number of nitrogens with two attached hydrogens (primary N) is 3. The average molecular weight is 1320 g/mol. The van der Waals surface area contributed by atoms with Gasteiger partial charge in [-0.3, -0.25) is 72.1 Å². The van der Waals surface area contributed by atoms with Gasteiger partial charge in [-0.05, 0) is 106 Å². The van der Waals surface area contributed by atoms with Crippen LogP contribution in [0.2, 0.25) is 0 Å². The van der Waals surface area contributed by atoms with Gasteiger partial charge in [0.2, 0.25) is 65.0 Å². The molecule has 0 bridgehead atoms. The third kappa shape index (κ3) is 28.4. The van der Waals surface area contributed by atoms with E-state index in [1.807, 2.05) is 0 Å². The fourth-order valence-electron chi connectivity index (χ4n) is 8.40. The molecule has 0 aliphatic carbocycles. The number of carbonyl (C=O) groups excluding carboxylic acids is 11. The Morgan fingerprint density at radius 3 is 1.39 bits per heavy atom. The van der Waals surface area contributed by atoms with Gasteiger partial charge in [-0.15, -0.1) is 0 Å². The van der Waals surface area contributed by atoms with Crippen molar-refractivity contribution in [3.63, 3.8) is 0 Å². The first-order chi connectivity index (χ1) is 43.1. The number of phenols is 2. The lowest BCUT2D eigenvalue weighted by Crippen LogP contribution is -2.61. The lowest BCUT2D eigenvalue weighted by Gasteiger charge is -2.27. The zero-order chi connectivity index (χ0) is 69.0. The lowest BCUT2D eigenvalue weighted by molar-refractivity contribution is -0.139. The normalized spacial score (nSPS) is 14.3. The highest BCUT2D eigenvalue weighted by Crippen LogP contribution is 2.37. The number of benzene rings is 3. The van der Waals surface area contributed by atoms with Gasteiger partial charge in [-0.1, -0.05) is 36.4 Å². The predicted molar refractivity (Wildman–Crippen MR) is 320 cm³/mol. The van der Waals surface area contributed by atoms with E-state index in [0.717, 1.165) is 19.1 Å². The van der Waals surface area contributed by atoms with Crippen molar-refractivity contribution in [3.05, 3.63) is 89.5 Å². The number of nitrogens with one attached hydrogen (secondary N) is 10. The van der Waals surface area contributed by atoms with E-state index in [9.17, 15) is 87.3 Å². The van der Waals surface area contributed by atoms with Crippen molar-refractivity contribution in [2.24, 2.45) is 17.2 Å². The first-order valence-electron chi connectivity index (χ1n) is 28.4. The molecule has 11 amide bonds. The molecule has 0 saturated carbocycles. The molecule has 35 nitrogen and oxygen atoms in total. The van der Waals surface area contributed by atoms with Gasteiger partial charge >= 0.3 is 19.8 Å². The number of carboxylic acid groups (broad SMARTS) is 2. The number of phenolic OH excluding ortho intramolecular Hbond substituents is 2. The zero-order valence-corrected chi connectivity index (χ0v) is 51.0. The number of aromatic hydroxyl groups is 2. The Morgan fingerprint density at radius 1 is 0.500 bits per heavy atom. The van der Waals surface area contributed by atoms with Crippen molar-refractivity contribution in [3.8, 4) is 17.2 Å². The summed E-state index contributed by atoms with van der Waals surface area (Å²) in [5.74, 6) is -15.2. The Bertz CT molecular complexity index is 3130. The molecule has 3 aromatic carbocycles. The number of hydrogen-bond donors (Lipinski definition) is 20. The molecule has 0 radical (unpaired) electrons. The number of rotatable bonds is 39. The molecule has 0 spiro atoms. The van der Waals surface area contributed by atoms with Crippen LogP contribution in [0.5, 0.6) is 17.2 Å².